The van der Waals surface area contributed by atoms with E-state index in [-0.39, 0.29) is 6.04 Å². The molecule has 2 aromatic carbocycles. The van der Waals surface area contributed by atoms with Crippen LogP contribution < -0.4 is 4.74 Å². The van der Waals surface area contributed by atoms with Crippen molar-refractivity contribution in [3.05, 3.63) is 65.7 Å². The van der Waals surface area contributed by atoms with Gasteiger partial charge in [-0.2, -0.15) is 0 Å². The van der Waals surface area contributed by atoms with E-state index in [1.54, 1.807) is 0 Å². The molecule has 26 heavy (non-hydrogen) atoms. The van der Waals surface area contributed by atoms with E-state index in [1.165, 1.54) is 5.56 Å². The van der Waals surface area contributed by atoms with E-state index in [4.69, 9.17) is 4.74 Å². The number of aryl methyl sites for hydroxylation is 1. The maximum absolute atomic E-state index is 11.4. The zero-order chi connectivity index (χ0) is 18.2. The highest BCUT2D eigenvalue weighted by Gasteiger charge is 2.28. The Balaban J connectivity index is 1.50. The van der Waals surface area contributed by atoms with Gasteiger partial charge in [-0.15, -0.1) is 0 Å². The average Bonchev–Trinajstić information content (AvgIpc) is 2.67. The quantitative estimate of drug-likeness (QED) is 0.725. The SMILES string of the molecule is O=C(O)C1CCCCN1Cc1cccc(OCCCc2ccccc2)c1. The summed E-state index contributed by atoms with van der Waals surface area (Å²) >= 11 is 0. The number of aliphatic carboxylic acids is 1. The second-order valence-electron chi connectivity index (χ2n) is 6.91. The molecule has 1 N–H and O–H groups in total. The van der Waals surface area contributed by atoms with Crippen molar-refractivity contribution >= 4 is 5.97 Å². The Morgan fingerprint density at radius 1 is 1.08 bits per heavy atom. The molecule has 1 atom stereocenters. The molecule has 0 amide bonds. The summed E-state index contributed by atoms with van der Waals surface area (Å²) in [6.07, 6.45) is 4.79. The molecule has 1 fully saturated rings. The van der Waals surface area contributed by atoms with Crippen LogP contribution in [0.4, 0.5) is 0 Å². The molecule has 1 aliphatic rings. The molecule has 1 heterocycles. The summed E-state index contributed by atoms with van der Waals surface area (Å²) in [5, 5.41) is 9.41. The Labute approximate surface area is 155 Å². The lowest BCUT2D eigenvalue weighted by Gasteiger charge is -2.32. The molecule has 0 spiro atoms. The Hall–Kier alpha value is -2.33. The molecule has 4 nitrogen and oxygen atoms in total. The number of piperidine rings is 1. The van der Waals surface area contributed by atoms with E-state index < -0.39 is 5.97 Å². The lowest BCUT2D eigenvalue weighted by atomic mass is 10.0. The number of benzene rings is 2. The first-order chi connectivity index (χ1) is 12.7. The third-order valence-corrected chi connectivity index (χ3v) is 4.90. The zero-order valence-electron chi connectivity index (χ0n) is 15.1. The normalized spacial score (nSPS) is 17.8. The summed E-state index contributed by atoms with van der Waals surface area (Å²) in [4.78, 5) is 13.5. The molecule has 138 valence electrons. The van der Waals surface area contributed by atoms with E-state index in [9.17, 15) is 9.90 Å². The molecule has 3 rings (SSSR count). The van der Waals surface area contributed by atoms with Crippen LogP contribution in [0.3, 0.4) is 0 Å². The van der Waals surface area contributed by atoms with Gasteiger partial charge in [0, 0.05) is 6.54 Å². The van der Waals surface area contributed by atoms with Gasteiger partial charge in [-0.05, 0) is 55.5 Å². The molecule has 4 heteroatoms. The zero-order valence-corrected chi connectivity index (χ0v) is 15.1. The maximum atomic E-state index is 11.4. The summed E-state index contributed by atoms with van der Waals surface area (Å²) in [7, 11) is 0. The van der Waals surface area contributed by atoms with Crippen molar-refractivity contribution in [2.24, 2.45) is 0 Å². The number of ether oxygens (including phenoxy) is 1. The van der Waals surface area contributed by atoms with Crippen molar-refractivity contribution in [2.75, 3.05) is 13.2 Å². The Kier molecular flexibility index (Phi) is 6.67. The van der Waals surface area contributed by atoms with Crippen LogP contribution in [-0.4, -0.2) is 35.2 Å². The van der Waals surface area contributed by atoms with Gasteiger partial charge >= 0.3 is 5.97 Å². The van der Waals surface area contributed by atoms with Crippen LogP contribution >= 0.6 is 0 Å². The lowest BCUT2D eigenvalue weighted by molar-refractivity contribution is -0.144. The molecule has 1 saturated heterocycles. The standard InChI is InChI=1S/C22H27NO3/c24-22(25)21-13-4-5-14-23(21)17-19-10-6-12-20(16-19)26-15-7-11-18-8-2-1-3-9-18/h1-3,6,8-10,12,16,21H,4-5,7,11,13-15,17H2,(H,24,25). The highest BCUT2D eigenvalue weighted by Crippen LogP contribution is 2.22. The van der Waals surface area contributed by atoms with Crippen molar-refractivity contribution in [1.29, 1.82) is 0 Å². The van der Waals surface area contributed by atoms with Crippen LogP contribution in [0.5, 0.6) is 5.75 Å². The van der Waals surface area contributed by atoms with Gasteiger partial charge in [0.05, 0.1) is 6.61 Å². The maximum Gasteiger partial charge on any atom is 0.320 e. The average molecular weight is 353 g/mol. The van der Waals surface area contributed by atoms with Crippen LogP contribution in [0.2, 0.25) is 0 Å². The number of carbonyl (C=O) groups is 1. The van der Waals surface area contributed by atoms with Gasteiger partial charge in [-0.1, -0.05) is 48.9 Å². The molecule has 0 bridgehead atoms. The minimum atomic E-state index is -0.710. The first-order valence-corrected chi connectivity index (χ1v) is 9.45. The fourth-order valence-electron chi connectivity index (χ4n) is 3.54. The third kappa shape index (κ3) is 5.33. The van der Waals surface area contributed by atoms with Crippen LogP contribution in [0, 0.1) is 0 Å². The van der Waals surface area contributed by atoms with Crippen molar-refractivity contribution < 1.29 is 14.6 Å². The van der Waals surface area contributed by atoms with Gasteiger partial charge in [0.15, 0.2) is 0 Å². The number of nitrogens with zero attached hydrogens (tertiary/aromatic N) is 1. The van der Waals surface area contributed by atoms with Crippen molar-refractivity contribution in [3.63, 3.8) is 0 Å². The summed E-state index contributed by atoms with van der Waals surface area (Å²) < 4.78 is 5.90. The van der Waals surface area contributed by atoms with E-state index in [0.29, 0.717) is 13.2 Å². The largest absolute Gasteiger partial charge is 0.494 e. The topological polar surface area (TPSA) is 49.8 Å². The fraction of sp³-hybridized carbons (Fsp3) is 0.409. The summed E-state index contributed by atoms with van der Waals surface area (Å²) in [6, 6.07) is 18.1. The predicted molar refractivity (Wildman–Crippen MR) is 102 cm³/mol. The number of carboxylic acid groups (broad SMARTS) is 1. The van der Waals surface area contributed by atoms with Crippen LogP contribution in [0.25, 0.3) is 0 Å². The van der Waals surface area contributed by atoms with Crippen LogP contribution in [0.1, 0.15) is 36.8 Å². The Morgan fingerprint density at radius 3 is 2.69 bits per heavy atom. The predicted octanol–water partition coefficient (Wildman–Crippen LogP) is 4.14. The molecule has 1 aliphatic heterocycles. The minimum Gasteiger partial charge on any atom is -0.494 e. The lowest BCUT2D eigenvalue weighted by Crippen LogP contribution is -2.43. The summed E-state index contributed by atoms with van der Waals surface area (Å²) in [5.74, 6) is 0.150. The number of rotatable bonds is 8. The van der Waals surface area contributed by atoms with Gasteiger partial charge in [-0.3, -0.25) is 9.69 Å². The van der Waals surface area contributed by atoms with Crippen molar-refractivity contribution in [3.8, 4) is 5.75 Å². The van der Waals surface area contributed by atoms with Gasteiger partial charge in [0.2, 0.25) is 0 Å². The molecule has 2 aromatic rings. The number of hydrogen-bond acceptors (Lipinski definition) is 3. The molecule has 0 aromatic heterocycles. The fourth-order valence-corrected chi connectivity index (χ4v) is 3.54. The van der Waals surface area contributed by atoms with Crippen LogP contribution in [-0.2, 0) is 17.8 Å². The van der Waals surface area contributed by atoms with Gasteiger partial charge in [0.25, 0.3) is 0 Å². The summed E-state index contributed by atoms with van der Waals surface area (Å²) in [5.41, 5.74) is 2.44. The highest BCUT2D eigenvalue weighted by atomic mass is 16.5. The van der Waals surface area contributed by atoms with Gasteiger partial charge < -0.3 is 9.84 Å². The highest BCUT2D eigenvalue weighted by molar-refractivity contribution is 5.73. The minimum absolute atomic E-state index is 0.362. The molecule has 0 radical (unpaired) electrons. The summed E-state index contributed by atoms with van der Waals surface area (Å²) in [6.45, 7) is 2.19. The molecule has 0 saturated carbocycles. The second-order valence-corrected chi connectivity index (χ2v) is 6.91. The third-order valence-electron chi connectivity index (χ3n) is 4.90. The first kappa shape index (κ1) is 18.5. The van der Waals surface area contributed by atoms with Crippen molar-refractivity contribution in [1.82, 2.24) is 4.90 Å². The van der Waals surface area contributed by atoms with Gasteiger partial charge in [0.1, 0.15) is 11.8 Å². The van der Waals surface area contributed by atoms with Gasteiger partial charge in [-0.25, -0.2) is 0 Å². The van der Waals surface area contributed by atoms with E-state index in [0.717, 1.165) is 50.0 Å². The number of carboxylic acids is 1. The van der Waals surface area contributed by atoms with Crippen molar-refractivity contribution in [2.45, 2.75) is 44.7 Å². The molecule has 0 aliphatic carbocycles. The number of likely N-dealkylation sites (tertiary alicyclic amines) is 1. The smallest absolute Gasteiger partial charge is 0.320 e. The van der Waals surface area contributed by atoms with E-state index >= 15 is 0 Å². The monoisotopic (exact) mass is 353 g/mol. The first-order valence-electron chi connectivity index (χ1n) is 9.45. The van der Waals surface area contributed by atoms with E-state index in [2.05, 4.69) is 29.2 Å². The number of hydrogen-bond donors (Lipinski definition) is 1. The Morgan fingerprint density at radius 2 is 1.88 bits per heavy atom. The Bertz CT molecular complexity index is 702. The second kappa shape index (κ2) is 9.39. The molecular weight excluding hydrogens is 326 g/mol. The molecule has 1 unspecified atom stereocenters. The van der Waals surface area contributed by atoms with Crippen LogP contribution in [0.15, 0.2) is 54.6 Å². The van der Waals surface area contributed by atoms with E-state index in [1.807, 2.05) is 30.3 Å². The molecular formula is C22H27NO3.